The number of carbonyl (C=O) groups is 1. The number of benzene rings is 2. The van der Waals surface area contributed by atoms with Crippen LogP contribution < -0.4 is 10.5 Å². The highest BCUT2D eigenvalue weighted by atomic mass is 32.2. The molecule has 1 amide bonds. The van der Waals surface area contributed by atoms with Gasteiger partial charge in [0, 0.05) is 24.8 Å². The highest BCUT2D eigenvalue weighted by molar-refractivity contribution is 8.14. The fraction of sp³-hybridized carbons (Fsp3) is 0.348. The van der Waals surface area contributed by atoms with Crippen LogP contribution in [-0.4, -0.2) is 39.4 Å². The molecule has 2 heterocycles. The normalized spacial score (nSPS) is 17.5. The molecule has 8 heteroatoms. The number of oxazole rings is 1. The van der Waals surface area contributed by atoms with Crippen molar-refractivity contribution in [3.8, 4) is 5.75 Å². The topological polar surface area (TPSA) is 77.0 Å². The first-order valence-corrected chi connectivity index (χ1v) is 11.3. The summed E-state index contributed by atoms with van der Waals surface area (Å²) in [5.74, 6) is 1.25. The van der Waals surface area contributed by atoms with Crippen molar-refractivity contribution in [2.75, 3.05) is 12.9 Å². The number of aryl methyl sites for hydroxylation is 1. The number of hydrogen-bond acceptors (Lipinski definition) is 6. The predicted octanol–water partition coefficient (Wildman–Crippen LogP) is 4.43. The second-order valence-corrected chi connectivity index (χ2v) is 8.31. The number of fused-ring (bicyclic) bond motifs is 1. The van der Waals surface area contributed by atoms with Gasteiger partial charge in [0.15, 0.2) is 10.8 Å². The van der Waals surface area contributed by atoms with Gasteiger partial charge in [-0.3, -0.25) is 14.3 Å². The van der Waals surface area contributed by atoms with Gasteiger partial charge in [0.25, 0.3) is 0 Å². The predicted molar refractivity (Wildman–Crippen MR) is 123 cm³/mol. The summed E-state index contributed by atoms with van der Waals surface area (Å²) in [6, 6.07) is 14.9. The molecule has 0 radical (unpaired) electrons. The number of aliphatic imine (C=N–C) groups is 1. The highest BCUT2D eigenvalue weighted by Crippen LogP contribution is 2.30. The van der Waals surface area contributed by atoms with Gasteiger partial charge in [-0.15, -0.1) is 0 Å². The molecule has 0 bridgehead atoms. The lowest BCUT2D eigenvalue weighted by molar-refractivity contribution is -0.128. The van der Waals surface area contributed by atoms with E-state index in [1.54, 1.807) is 29.5 Å². The van der Waals surface area contributed by atoms with Crippen molar-refractivity contribution in [3.63, 3.8) is 0 Å². The fourth-order valence-electron chi connectivity index (χ4n) is 3.67. The van der Waals surface area contributed by atoms with Gasteiger partial charge in [0.1, 0.15) is 5.75 Å². The van der Waals surface area contributed by atoms with Gasteiger partial charge in [0.2, 0.25) is 5.91 Å². The summed E-state index contributed by atoms with van der Waals surface area (Å²) in [4.78, 5) is 31.8. The maximum Gasteiger partial charge on any atom is 0.419 e. The lowest BCUT2D eigenvalue weighted by atomic mass is 10.2. The zero-order chi connectivity index (χ0) is 21.8. The van der Waals surface area contributed by atoms with Gasteiger partial charge in [-0.2, -0.15) is 0 Å². The molecule has 7 nitrogen and oxygen atoms in total. The first-order valence-electron chi connectivity index (χ1n) is 10.4. The molecular weight excluding hydrogens is 414 g/mol. The van der Waals surface area contributed by atoms with Gasteiger partial charge in [-0.05, 0) is 49.2 Å². The van der Waals surface area contributed by atoms with E-state index < -0.39 is 5.76 Å². The number of amides is 1. The van der Waals surface area contributed by atoms with Gasteiger partial charge >= 0.3 is 5.76 Å². The van der Waals surface area contributed by atoms with E-state index in [0.29, 0.717) is 25.0 Å². The standard InChI is InChI=1S/C23H25N3O4S/c1-3-17-15-31-22(24-16-10-12-18(29-2)13-11-16)26(17)21(27)9-6-14-25-19-7-4-5-8-20(19)30-23(25)28/h4-5,7-8,10-13,17H,3,6,9,14-15H2,1-2H3. The summed E-state index contributed by atoms with van der Waals surface area (Å²) >= 11 is 1.61. The number of rotatable bonds is 7. The van der Waals surface area contributed by atoms with Crippen LogP contribution in [-0.2, 0) is 11.3 Å². The van der Waals surface area contributed by atoms with E-state index in [4.69, 9.17) is 14.1 Å². The van der Waals surface area contributed by atoms with Crippen LogP contribution in [0.5, 0.6) is 5.75 Å². The number of amidine groups is 1. The summed E-state index contributed by atoms with van der Waals surface area (Å²) in [5, 5.41) is 0.730. The van der Waals surface area contributed by atoms with Crippen molar-refractivity contribution in [1.29, 1.82) is 0 Å². The molecule has 0 aliphatic carbocycles. The molecule has 1 aliphatic rings. The van der Waals surface area contributed by atoms with Crippen LogP contribution in [0.4, 0.5) is 5.69 Å². The molecule has 0 saturated carbocycles. The van der Waals surface area contributed by atoms with Gasteiger partial charge in [-0.25, -0.2) is 9.79 Å². The lowest BCUT2D eigenvalue weighted by Crippen LogP contribution is -2.39. The Bertz CT molecular complexity index is 1150. The van der Waals surface area contributed by atoms with Crippen molar-refractivity contribution in [1.82, 2.24) is 9.47 Å². The Labute approximate surface area is 184 Å². The molecule has 0 N–H and O–H groups in total. The maximum absolute atomic E-state index is 13.1. The number of para-hydroxylation sites is 2. The third kappa shape index (κ3) is 4.54. The first-order chi connectivity index (χ1) is 15.1. The summed E-state index contributed by atoms with van der Waals surface area (Å²) in [6.07, 6.45) is 1.76. The van der Waals surface area contributed by atoms with Crippen LogP contribution in [0.15, 0.2) is 62.7 Å². The largest absolute Gasteiger partial charge is 0.497 e. The van der Waals surface area contributed by atoms with Crippen molar-refractivity contribution in [2.24, 2.45) is 4.99 Å². The van der Waals surface area contributed by atoms with Crippen molar-refractivity contribution in [2.45, 2.75) is 38.8 Å². The third-order valence-electron chi connectivity index (χ3n) is 5.36. The Morgan fingerprint density at radius 2 is 2.00 bits per heavy atom. The van der Waals surface area contributed by atoms with Gasteiger partial charge in [-0.1, -0.05) is 30.8 Å². The lowest BCUT2D eigenvalue weighted by Gasteiger charge is -2.23. The van der Waals surface area contributed by atoms with Gasteiger partial charge in [0.05, 0.1) is 18.3 Å². The molecular formula is C23H25N3O4S. The van der Waals surface area contributed by atoms with E-state index in [9.17, 15) is 9.59 Å². The average Bonchev–Trinajstić information content (AvgIpc) is 3.34. The monoisotopic (exact) mass is 439 g/mol. The second kappa shape index (κ2) is 9.43. The molecule has 31 heavy (non-hydrogen) atoms. The zero-order valence-electron chi connectivity index (χ0n) is 17.6. The molecule has 2 aromatic carbocycles. The van der Waals surface area contributed by atoms with E-state index >= 15 is 0 Å². The summed E-state index contributed by atoms with van der Waals surface area (Å²) in [5.41, 5.74) is 2.11. The number of methoxy groups -OCH3 is 1. The second-order valence-electron chi connectivity index (χ2n) is 7.32. The molecule has 1 aliphatic heterocycles. The Balaban J connectivity index is 1.46. The summed E-state index contributed by atoms with van der Waals surface area (Å²) in [7, 11) is 1.63. The molecule has 1 saturated heterocycles. The van der Waals surface area contributed by atoms with Gasteiger partial charge < -0.3 is 9.15 Å². The van der Waals surface area contributed by atoms with Crippen molar-refractivity contribution < 1.29 is 13.9 Å². The number of aromatic nitrogens is 1. The molecule has 3 aromatic rings. The summed E-state index contributed by atoms with van der Waals surface area (Å²) < 4.78 is 12.1. The molecule has 1 aromatic heterocycles. The number of thioether (sulfide) groups is 1. The van der Waals surface area contributed by atoms with Crippen LogP contribution in [0.25, 0.3) is 11.1 Å². The van der Waals surface area contributed by atoms with E-state index in [-0.39, 0.29) is 11.9 Å². The smallest absolute Gasteiger partial charge is 0.419 e. The minimum atomic E-state index is -0.390. The molecule has 4 rings (SSSR count). The quantitative estimate of drug-likeness (QED) is 0.544. The third-order valence-corrected chi connectivity index (χ3v) is 6.46. The van der Waals surface area contributed by atoms with E-state index in [1.807, 2.05) is 47.4 Å². The number of ether oxygens (including phenoxy) is 1. The van der Waals surface area contributed by atoms with Crippen LogP contribution in [0.3, 0.4) is 0 Å². The summed E-state index contributed by atoms with van der Waals surface area (Å²) in [6.45, 7) is 2.52. The Kier molecular flexibility index (Phi) is 6.46. The zero-order valence-corrected chi connectivity index (χ0v) is 18.4. The van der Waals surface area contributed by atoms with E-state index in [2.05, 4.69) is 6.92 Å². The van der Waals surface area contributed by atoms with Crippen molar-refractivity contribution in [3.05, 3.63) is 59.1 Å². The number of hydrogen-bond donors (Lipinski definition) is 0. The average molecular weight is 440 g/mol. The Hall–Kier alpha value is -3.00. The molecule has 0 spiro atoms. The van der Waals surface area contributed by atoms with Crippen molar-refractivity contribution >= 4 is 39.6 Å². The maximum atomic E-state index is 13.1. The highest BCUT2D eigenvalue weighted by Gasteiger charge is 2.33. The Morgan fingerprint density at radius 3 is 2.74 bits per heavy atom. The SMILES string of the molecule is CCC1CSC(=Nc2ccc(OC)cc2)N1C(=O)CCCn1c(=O)oc2ccccc21. The molecule has 162 valence electrons. The fourth-order valence-corrected chi connectivity index (χ4v) is 4.96. The first kappa shape index (κ1) is 21.2. The molecule has 1 fully saturated rings. The molecule has 1 unspecified atom stereocenters. The van der Waals surface area contributed by atoms with Crippen LogP contribution >= 0.6 is 11.8 Å². The van der Waals surface area contributed by atoms with E-state index in [1.165, 1.54) is 0 Å². The van der Waals surface area contributed by atoms with Crippen LogP contribution in [0.2, 0.25) is 0 Å². The van der Waals surface area contributed by atoms with E-state index in [0.717, 1.165) is 34.3 Å². The minimum Gasteiger partial charge on any atom is -0.497 e. The minimum absolute atomic E-state index is 0.0324. The van der Waals surface area contributed by atoms with Crippen LogP contribution in [0, 0.1) is 0 Å². The number of carbonyl (C=O) groups excluding carboxylic acids is 1. The Morgan fingerprint density at radius 1 is 1.23 bits per heavy atom. The van der Waals surface area contributed by atoms with Crippen LogP contribution in [0.1, 0.15) is 26.2 Å². The molecule has 1 atom stereocenters. The number of nitrogens with zero attached hydrogens (tertiary/aromatic N) is 3.